The molecule has 0 spiro atoms. The van der Waals surface area contributed by atoms with E-state index >= 15 is 0 Å². The summed E-state index contributed by atoms with van der Waals surface area (Å²) in [4.78, 5) is 24.9. The molecule has 0 atom stereocenters. The highest BCUT2D eigenvalue weighted by atomic mass is 16.1. The fourth-order valence-corrected chi connectivity index (χ4v) is 2.02. The maximum absolute atomic E-state index is 12.2. The summed E-state index contributed by atoms with van der Waals surface area (Å²) in [6.07, 6.45) is 3.20. The molecule has 5 heteroatoms. The number of nitrogens with zero attached hydrogens (tertiary/aromatic N) is 3. The van der Waals surface area contributed by atoms with Gasteiger partial charge in [0.05, 0.1) is 11.4 Å². The van der Waals surface area contributed by atoms with Crippen LogP contribution in [0.1, 0.15) is 21.6 Å². The summed E-state index contributed by atoms with van der Waals surface area (Å²) >= 11 is 0. The first-order chi connectivity index (χ1) is 10.1. The molecule has 0 bridgehead atoms. The minimum absolute atomic E-state index is 0.164. The van der Waals surface area contributed by atoms with Crippen molar-refractivity contribution in [2.45, 2.75) is 13.8 Å². The smallest absolute Gasteiger partial charge is 0.255 e. The third-order valence-corrected chi connectivity index (χ3v) is 3.21. The number of aryl methyl sites for hydroxylation is 2. The molecular formula is C16H14N4O. The summed E-state index contributed by atoms with van der Waals surface area (Å²) in [5, 5.41) is 2.87. The van der Waals surface area contributed by atoms with Gasteiger partial charge in [0, 0.05) is 18.0 Å². The van der Waals surface area contributed by atoms with E-state index in [-0.39, 0.29) is 5.91 Å². The van der Waals surface area contributed by atoms with Crippen LogP contribution in [0, 0.1) is 13.8 Å². The Morgan fingerprint density at radius 1 is 1.05 bits per heavy atom. The van der Waals surface area contributed by atoms with Crippen molar-refractivity contribution in [3.8, 4) is 0 Å². The van der Waals surface area contributed by atoms with Crippen LogP contribution >= 0.6 is 0 Å². The summed E-state index contributed by atoms with van der Waals surface area (Å²) in [6.45, 7) is 3.82. The largest absolute Gasteiger partial charge is 0.320 e. The van der Waals surface area contributed by atoms with Gasteiger partial charge in [-0.3, -0.25) is 9.78 Å². The number of rotatable bonds is 2. The number of anilines is 1. The topological polar surface area (TPSA) is 67.8 Å². The molecule has 0 saturated carbocycles. The number of carbonyl (C=O) groups is 1. The highest BCUT2D eigenvalue weighted by molar-refractivity contribution is 6.05. The van der Waals surface area contributed by atoms with E-state index < -0.39 is 0 Å². The average Bonchev–Trinajstić information content (AvgIpc) is 2.48. The first-order valence-corrected chi connectivity index (χ1v) is 6.60. The Hall–Kier alpha value is -2.82. The zero-order valence-electron chi connectivity index (χ0n) is 11.8. The van der Waals surface area contributed by atoms with Gasteiger partial charge in [-0.15, -0.1) is 0 Å². The fraction of sp³-hybridized carbons (Fsp3) is 0.125. The monoisotopic (exact) mass is 278 g/mol. The van der Waals surface area contributed by atoms with Gasteiger partial charge in [0.25, 0.3) is 5.91 Å². The summed E-state index contributed by atoms with van der Waals surface area (Å²) in [6, 6.07) is 9.21. The Morgan fingerprint density at radius 3 is 2.52 bits per heavy atom. The number of benzene rings is 1. The van der Waals surface area contributed by atoms with Gasteiger partial charge in [-0.05, 0) is 32.0 Å². The third-order valence-electron chi connectivity index (χ3n) is 3.21. The van der Waals surface area contributed by atoms with Crippen molar-refractivity contribution in [2.75, 3.05) is 5.32 Å². The molecule has 0 aliphatic carbocycles. The molecule has 0 aliphatic heterocycles. The molecule has 1 amide bonds. The lowest BCUT2D eigenvalue weighted by Gasteiger charge is -2.09. The Morgan fingerprint density at radius 2 is 1.76 bits per heavy atom. The van der Waals surface area contributed by atoms with Crippen LogP contribution in [0.4, 0.5) is 5.69 Å². The van der Waals surface area contributed by atoms with Crippen molar-refractivity contribution in [3.63, 3.8) is 0 Å². The van der Waals surface area contributed by atoms with Crippen LogP contribution in [0.2, 0.25) is 0 Å². The molecule has 0 fully saturated rings. The number of carbonyl (C=O) groups excluding carboxylic acids is 1. The van der Waals surface area contributed by atoms with E-state index in [1.165, 1.54) is 0 Å². The van der Waals surface area contributed by atoms with Crippen molar-refractivity contribution < 1.29 is 4.79 Å². The number of aromatic nitrogens is 3. The Labute approximate surface area is 122 Å². The second-order valence-electron chi connectivity index (χ2n) is 4.84. The van der Waals surface area contributed by atoms with E-state index in [1.54, 1.807) is 30.6 Å². The average molecular weight is 278 g/mol. The molecule has 3 rings (SSSR count). The quantitative estimate of drug-likeness (QED) is 0.782. The van der Waals surface area contributed by atoms with Crippen molar-refractivity contribution >= 4 is 22.8 Å². The number of fused-ring (bicyclic) bond motifs is 1. The molecule has 1 N–H and O–H groups in total. The number of amides is 1. The Bertz CT molecular complexity index is 812. The summed E-state index contributed by atoms with van der Waals surface area (Å²) < 4.78 is 0. The third kappa shape index (κ3) is 2.72. The van der Waals surface area contributed by atoms with Crippen molar-refractivity contribution in [2.24, 2.45) is 0 Å². The van der Waals surface area contributed by atoms with Gasteiger partial charge in [0.2, 0.25) is 0 Å². The van der Waals surface area contributed by atoms with Crippen molar-refractivity contribution in [1.82, 2.24) is 15.0 Å². The molecule has 2 aromatic heterocycles. The van der Waals surface area contributed by atoms with E-state index in [0.717, 1.165) is 5.56 Å². The molecule has 0 radical (unpaired) electrons. The minimum Gasteiger partial charge on any atom is -0.320 e. The normalized spacial score (nSPS) is 10.6. The standard InChI is InChI=1S/C16H14N4O/c1-10-3-5-12(6-4-10)16(21)20-13-9-14-15(19-11(13)2)18-8-7-17-14/h3-9H,1-2H3,(H,20,21). The fourth-order valence-electron chi connectivity index (χ4n) is 2.02. The number of pyridine rings is 1. The van der Waals surface area contributed by atoms with E-state index in [2.05, 4.69) is 20.3 Å². The maximum atomic E-state index is 12.2. The van der Waals surface area contributed by atoms with Gasteiger partial charge in [-0.2, -0.15) is 0 Å². The lowest BCUT2D eigenvalue weighted by atomic mass is 10.1. The molecule has 0 saturated heterocycles. The van der Waals surface area contributed by atoms with E-state index in [4.69, 9.17) is 0 Å². The molecule has 5 nitrogen and oxygen atoms in total. The van der Waals surface area contributed by atoms with Crippen LogP contribution in [0.15, 0.2) is 42.7 Å². The highest BCUT2D eigenvalue weighted by Gasteiger charge is 2.10. The first-order valence-electron chi connectivity index (χ1n) is 6.60. The van der Waals surface area contributed by atoms with E-state index in [9.17, 15) is 4.79 Å². The zero-order chi connectivity index (χ0) is 14.8. The lowest BCUT2D eigenvalue weighted by Crippen LogP contribution is -2.13. The molecule has 21 heavy (non-hydrogen) atoms. The summed E-state index contributed by atoms with van der Waals surface area (Å²) in [7, 11) is 0. The SMILES string of the molecule is Cc1ccc(C(=O)Nc2cc3nccnc3nc2C)cc1. The van der Waals surface area contributed by atoms with E-state index in [0.29, 0.717) is 28.1 Å². The number of nitrogens with one attached hydrogen (secondary N) is 1. The predicted octanol–water partition coefficient (Wildman–Crippen LogP) is 2.89. The van der Waals surface area contributed by atoms with Crippen LogP contribution in [-0.4, -0.2) is 20.9 Å². The van der Waals surface area contributed by atoms with Gasteiger partial charge in [0.1, 0.15) is 5.52 Å². The molecule has 3 aromatic rings. The number of hydrogen-bond acceptors (Lipinski definition) is 4. The lowest BCUT2D eigenvalue weighted by molar-refractivity contribution is 0.102. The minimum atomic E-state index is -0.164. The maximum Gasteiger partial charge on any atom is 0.255 e. The van der Waals surface area contributed by atoms with Crippen LogP contribution in [-0.2, 0) is 0 Å². The van der Waals surface area contributed by atoms with Gasteiger partial charge in [-0.1, -0.05) is 17.7 Å². The molecular weight excluding hydrogens is 264 g/mol. The molecule has 2 heterocycles. The Balaban J connectivity index is 1.92. The van der Waals surface area contributed by atoms with E-state index in [1.807, 2.05) is 26.0 Å². The predicted molar refractivity (Wildman–Crippen MR) is 81.2 cm³/mol. The second kappa shape index (κ2) is 5.28. The molecule has 1 aromatic carbocycles. The van der Waals surface area contributed by atoms with Crippen molar-refractivity contribution in [1.29, 1.82) is 0 Å². The summed E-state index contributed by atoms with van der Waals surface area (Å²) in [5.74, 6) is -0.164. The zero-order valence-corrected chi connectivity index (χ0v) is 11.8. The molecule has 104 valence electrons. The van der Waals surface area contributed by atoms with Crippen LogP contribution in [0.25, 0.3) is 11.2 Å². The van der Waals surface area contributed by atoms with Gasteiger partial charge >= 0.3 is 0 Å². The van der Waals surface area contributed by atoms with Gasteiger partial charge in [-0.25, -0.2) is 9.97 Å². The molecule has 0 unspecified atom stereocenters. The van der Waals surface area contributed by atoms with Crippen LogP contribution in [0.5, 0.6) is 0 Å². The van der Waals surface area contributed by atoms with Crippen LogP contribution < -0.4 is 5.32 Å². The number of hydrogen-bond donors (Lipinski definition) is 1. The van der Waals surface area contributed by atoms with Gasteiger partial charge < -0.3 is 5.32 Å². The Kier molecular flexibility index (Phi) is 3.31. The first kappa shape index (κ1) is 13.2. The van der Waals surface area contributed by atoms with Gasteiger partial charge in [0.15, 0.2) is 5.65 Å². The molecule has 0 aliphatic rings. The van der Waals surface area contributed by atoms with Crippen molar-refractivity contribution in [3.05, 3.63) is 59.5 Å². The second-order valence-corrected chi connectivity index (χ2v) is 4.84. The summed E-state index contributed by atoms with van der Waals surface area (Å²) in [5.41, 5.74) is 4.31. The van der Waals surface area contributed by atoms with Crippen LogP contribution in [0.3, 0.4) is 0 Å². The highest BCUT2D eigenvalue weighted by Crippen LogP contribution is 2.18.